The molecular formula is C29H38F2N4O2. The largest absolute Gasteiger partial charge is 0.337 e. The minimum atomic E-state index is -2.69. The molecule has 37 heavy (non-hydrogen) atoms. The third-order valence-electron chi connectivity index (χ3n) is 9.12. The van der Waals surface area contributed by atoms with Gasteiger partial charge < -0.3 is 19.3 Å². The van der Waals surface area contributed by atoms with Crippen LogP contribution in [0.4, 0.5) is 8.78 Å². The van der Waals surface area contributed by atoms with Crippen LogP contribution in [0.5, 0.6) is 0 Å². The van der Waals surface area contributed by atoms with E-state index in [1.54, 1.807) is 4.90 Å². The van der Waals surface area contributed by atoms with Crippen molar-refractivity contribution in [3.8, 4) is 0 Å². The van der Waals surface area contributed by atoms with Crippen molar-refractivity contribution in [2.45, 2.75) is 76.3 Å². The second-order valence-electron chi connectivity index (χ2n) is 11.7. The maximum absolute atomic E-state index is 13.7. The van der Waals surface area contributed by atoms with E-state index in [2.05, 4.69) is 9.47 Å². The van der Waals surface area contributed by atoms with Crippen LogP contribution in [0.3, 0.4) is 0 Å². The van der Waals surface area contributed by atoms with Crippen LogP contribution in [0.1, 0.15) is 78.6 Å². The number of carbonyl (C=O) groups excluding carboxylic acids is 2. The maximum atomic E-state index is 13.7. The van der Waals surface area contributed by atoms with E-state index < -0.39 is 5.92 Å². The number of aromatic nitrogens is 1. The molecule has 1 atom stereocenters. The Labute approximate surface area is 217 Å². The molecule has 1 aromatic heterocycles. The standard InChI is InChI=1S/C29H38F2N4O2/c30-29(31)10-15-33(16-11-29)28(37)26-18-23-17-22(8-9-25(23)35(26)19-21-5-3-6-21)27(36)34-14-4-7-24(34)20-32-12-1-2-13-32/h8-9,17-18,21,24H,1-7,10-16,19-20H2/t24-/m0/s1. The molecule has 200 valence electrons. The van der Waals surface area contributed by atoms with Crippen molar-refractivity contribution in [3.63, 3.8) is 0 Å². The lowest BCUT2D eigenvalue weighted by molar-refractivity contribution is -0.0495. The summed E-state index contributed by atoms with van der Waals surface area (Å²) in [6.07, 6.45) is 7.52. The molecule has 4 heterocycles. The van der Waals surface area contributed by atoms with Crippen molar-refractivity contribution in [2.75, 3.05) is 39.3 Å². The molecule has 2 amide bonds. The highest BCUT2D eigenvalue weighted by atomic mass is 19.3. The number of piperidine rings is 1. The van der Waals surface area contributed by atoms with Gasteiger partial charge in [-0.15, -0.1) is 0 Å². The van der Waals surface area contributed by atoms with Gasteiger partial charge in [0.05, 0.1) is 0 Å². The highest BCUT2D eigenvalue weighted by molar-refractivity contribution is 6.02. The summed E-state index contributed by atoms with van der Waals surface area (Å²) in [5.74, 6) is -2.26. The van der Waals surface area contributed by atoms with Gasteiger partial charge in [-0.2, -0.15) is 0 Å². The minimum Gasteiger partial charge on any atom is -0.337 e. The Balaban J connectivity index is 1.26. The van der Waals surface area contributed by atoms with Crippen LogP contribution in [0.15, 0.2) is 24.3 Å². The number of alkyl halides is 2. The van der Waals surface area contributed by atoms with E-state index in [0.29, 0.717) is 17.2 Å². The molecule has 6 nitrogen and oxygen atoms in total. The van der Waals surface area contributed by atoms with Crippen molar-refractivity contribution in [2.24, 2.45) is 5.92 Å². The molecule has 0 spiro atoms. The van der Waals surface area contributed by atoms with Crippen molar-refractivity contribution in [3.05, 3.63) is 35.5 Å². The molecule has 4 fully saturated rings. The smallest absolute Gasteiger partial charge is 0.270 e. The molecule has 0 N–H and O–H groups in total. The SMILES string of the molecule is O=C(c1cc2cc(C(=O)N3CCC[C@H]3CN3CCCC3)ccc2n1CC1CCC1)N1CCC(F)(F)CC1. The first-order chi connectivity index (χ1) is 17.9. The molecule has 2 aromatic rings. The average molecular weight is 513 g/mol. The molecule has 8 heteroatoms. The molecule has 1 saturated carbocycles. The Kier molecular flexibility index (Phi) is 6.72. The van der Waals surface area contributed by atoms with E-state index in [-0.39, 0.29) is 43.8 Å². The van der Waals surface area contributed by atoms with Crippen molar-refractivity contribution in [1.82, 2.24) is 19.3 Å². The Morgan fingerprint density at radius 2 is 1.59 bits per heavy atom. The van der Waals surface area contributed by atoms with Gasteiger partial charge in [-0.1, -0.05) is 6.42 Å². The highest BCUT2D eigenvalue weighted by Crippen LogP contribution is 2.33. The van der Waals surface area contributed by atoms with Gasteiger partial charge in [0, 0.05) is 68.1 Å². The molecular weight excluding hydrogens is 474 g/mol. The van der Waals surface area contributed by atoms with E-state index in [1.807, 2.05) is 29.2 Å². The van der Waals surface area contributed by atoms with E-state index in [9.17, 15) is 18.4 Å². The summed E-state index contributed by atoms with van der Waals surface area (Å²) in [6, 6.07) is 7.96. The van der Waals surface area contributed by atoms with Crippen molar-refractivity contribution in [1.29, 1.82) is 0 Å². The molecule has 0 radical (unpaired) electrons. The molecule has 0 unspecified atom stereocenters. The van der Waals surface area contributed by atoms with Crippen LogP contribution in [-0.4, -0.2) is 82.3 Å². The topological polar surface area (TPSA) is 48.8 Å². The van der Waals surface area contributed by atoms with Crippen LogP contribution in [-0.2, 0) is 6.54 Å². The molecule has 3 aliphatic heterocycles. The van der Waals surface area contributed by atoms with Gasteiger partial charge in [0.1, 0.15) is 5.69 Å². The molecule has 6 rings (SSSR count). The monoisotopic (exact) mass is 512 g/mol. The van der Waals surface area contributed by atoms with E-state index in [4.69, 9.17) is 0 Å². The maximum Gasteiger partial charge on any atom is 0.270 e. The van der Waals surface area contributed by atoms with E-state index in [0.717, 1.165) is 69.3 Å². The predicted molar refractivity (Wildman–Crippen MR) is 139 cm³/mol. The lowest BCUT2D eigenvalue weighted by atomic mass is 9.85. The third kappa shape index (κ3) is 5.01. The lowest BCUT2D eigenvalue weighted by Gasteiger charge is -2.32. The van der Waals surface area contributed by atoms with Crippen LogP contribution >= 0.6 is 0 Å². The molecule has 3 saturated heterocycles. The lowest BCUT2D eigenvalue weighted by Crippen LogP contribution is -2.43. The number of carbonyl (C=O) groups is 2. The van der Waals surface area contributed by atoms with Crippen LogP contribution in [0.25, 0.3) is 10.9 Å². The number of amides is 2. The van der Waals surface area contributed by atoms with Gasteiger partial charge in [0.15, 0.2) is 0 Å². The second-order valence-corrected chi connectivity index (χ2v) is 11.7. The summed E-state index contributed by atoms with van der Waals surface area (Å²) in [4.78, 5) is 33.2. The predicted octanol–water partition coefficient (Wildman–Crippen LogP) is 5.01. The molecule has 0 bridgehead atoms. The Morgan fingerprint density at radius 1 is 0.838 bits per heavy atom. The normalized spacial score (nSPS) is 24.6. The number of nitrogens with zero attached hydrogens (tertiary/aromatic N) is 4. The fourth-order valence-electron chi connectivity index (χ4n) is 6.63. The van der Waals surface area contributed by atoms with Crippen molar-refractivity contribution >= 4 is 22.7 Å². The quantitative estimate of drug-likeness (QED) is 0.547. The van der Waals surface area contributed by atoms with Crippen LogP contribution in [0, 0.1) is 5.92 Å². The number of benzene rings is 1. The zero-order valence-electron chi connectivity index (χ0n) is 21.6. The van der Waals surface area contributed by atoms with Gasteiger partial charge in [-0.05, 0) is 81.8 Å². The summed E-state index contributed by atoms with van der Waals surface area (Å²) in [6.45, 7) is 4.92. The molecule has 1 aliphatic carbocycles. The van der Waals surface area contributed by atoms with E-state index in [1.165, 1.54) is 19.3 Å². The van der Waals surface area contributed by atoms with Crippen LogP contribution in [0.2, 0.25) is 0 Å². The molecule has 4 aliphatic rings. The minimum absolute atomic E-state index is 0.0708. The summed E-state index contributed by atoms with van der Waals surface area (Å²) in [7, 11) is 0. The molecule has 1 aromatic carbocycles. The Morgan fingerprint density at radius 3 is 2.30 bits per heavy atom. The second kappa shape index (κ2) is 10.0. The third-order valence-corrected chi connectivity index (χ3v) is 9.12. The summed E-state index contributed by atoms with van der Waals surface area (Å²) in [5.41, 5.74) is 2.17. The first-order valence-electron chi connectivity index (χ1n) is 14.2. The number of hydrogen-bond donors (Lipinski definition) is 0. The number of fused-ring (bicyclic) bond motifs is 1. The van der Waals surface area contributed by atoms with Crippen LogP contribution < -0.4 is 0 Å². The summed E-state index contributed by atoms with van der Waals surface area (Å²) >= 11 is 0. The van der Waals surface area contributed by atoms with Gasteiger partial charge in [0.2, 0.25) is 0 Å². The van der Waals surface area contributed by atoms with Gasteiger partial charge in [0.25, 0.3) is 17.7 Å². The first-order valence-corrected chi connectivity index (χ1v) is 14.2. The summed E-state index contributed by atoms with van der Waals surface area (Å²) in [5, 5.41) is 0.881. The Bertz CT molecular complexity index is 1160. The fraction of sp³-hybridized carbons (Fsp3) is 0.655. The number of rotatable bonds is 6. The van der Waals surface area contributed by atoms with Gasteiger partial charge in [-0.25, -0.2) is 8.78 Å². The average Bonchev–Trinajstić information content (AvgIpc) is 3.61. The van der Waals surface area contributed by atoms with Gasteiger partial charge in [-0.3, -0.25) is 9.59 Å². The van der Waals surface area contributed by atoms with E-state index >= 15 is 0 Å². The fourth-order valence-corrected chi connectivity index (χ4v) is 6.63. The zero-order chi connectivity index (χ0) is 25.6. The Hall–Kier alpha value is -2.48. The number of hydrogen-bond acceptors (Lipinski definition) is 3. The first kappa shape index (κ1) is 24.8. The number of likely N-dealkylation sites (tertiary alicyclic amines) is 3. The highest BCUT2D eigenvalue weighted by Gasteiger charge is 2.37. The van der Waals surface area contributed by atoms with Gasteiger partial charge >= 0.3 is 0 Å². The number of halogens is 2. The zero-order valence-corrected chi connectivity index (χ0v) is 21.6. The van der Waals surface area contributed by atoms with Crippen molar-refractivity contribution < 1.29 is 18.4 Å². The summed E-state index contributed by atoms with van der Waals surface area (Å²) < 4.78 is 29.5.